The van der Waals surface area contributed by atoms with Crippen molar-refractivity contribution in [1.82, 2.24) is 9.97 Å². The van der Waals surface area contributed by atoms with Crippen molar-refractivity contribution in [2.45, 2.75) is 18.1 Å². The zero-order valence-corrected chi connectivity index (χ0v) is 19.5. The molecular weight excluding hydrogens is 485 g/mol. The van der Waals surface area contributed by atoms with Gasteiger partial charge in [-0.1, -0.05) is 12.1 Å². The van der Waals surface area contributed by atoms with Crippen molar-refractivity contribution >= 4 is 56.5 Å². The van der Waals surface area contributed by atoms with Crippen LogP contribution in [0.2, 0.25) is 0 Å². The summed E-state index contributed by atoms with van der Waals surface area (Å²) in [6, 6.07) is 9.04. The van der Waals surface area contributed by atoms with Gasteiger partial charge in [-0.25, -0.2) is 9.97 Å². The number of aryl methyl sites for hydroxylation is 1. The fraction of sp³-hybridized carbons (Fsp3) is 0.130. The number of nitrogens with one attached hydrogen (secondary N) is 2. The number of thiophene rings is 1. The van der Waals surface area contributed by atoms with Crippen molar-refractivity contribution in [2.24, 2.45) is 0 Å². The normalized spacial score (nSPS) is 11.4. The molecule has 0 aliphatic heterocycles. The molecule has 0 spiro atoms. The van der Waals surface area contributed by atoms with Gasteiger partial charge in [-0.3, -0.25) is 9.59 Å². The Morgan fingerprint density at radius 2 is 1.82 bits per heavy atom. The average molecular weight is 503 g/mol. The van der Waals surface area contributed by atoms with E-state index in [1.54, 1.807) is 18.4 Å². The summed E-state index contributed by atoms with van der Waals surface area (Å²) in [6.07, 6.45) is -1.22. The largest absolute Gasteiger partial charge is 0.416 e. The lowest BCUT2D eigenvalue weighted by atomic mass is 10.1. The van der Waals surface area contributed by atoms with E-state index in [0.717, 1.165) is 21.9 Å². The standard InChI is InChI=1S/C23H17F3N4O2S2/c1-12-6-7-13(20(31)29-15-5-3-4-14(9-15)23(24,25)26)8-17(12)30-21(32)16-10-34-19-18(16)27-11-28-22(19)33-2/h3-11H,1-2H3,(H,29,31)(H,30,32). The van der Waals surface area contributed by atoms with Crippen LogP contribution in [0.3, 0.4) is 0 Å². The van der Waals surface area contributed by atoms with E-state index in [1.165, 1.54) is 53.7 Å². The molecule has 0 aliphatic rings. The van der Waals surface area contributed by atoms with Crippen molar-refractivity contribution < 1.29 is 22.8 Å². The van der Waals surface area contributed by atoms with E-state index in [4.69, 9.17) is 0 Å². The third-order valence-electron chi connectivity index (χ3n) is 4.95. The minimum Gasteiger partial charge on any atom is -0.322 e. The second-order valence-electron chi connectivity index (χ2n) is 7.23. The number of thioether (sulfide) groups is 1. The predicted molar refractivity (Wildman–Crippen MR) is 128 cm³/mol. The first kappa shape index (κ1) is 23.7. The van der Waals surface area contributed by atoms with E-state index in [9.17, 15) is 22.8 Å². The maximum atomic E-state index is 13.0. The Morgan fingerprint density at radius 1 is 1.03 bits per heavy atom. The maximum absolute atomic E-state index is 13.0. The van der Waals surface area contributed by atoms with Gasteiger partial charge in [-0.15, -0.1) is 23.1 Å². The number of amides is 2. The number of carbonyl (C=O) groups is 2. The average Bonchev–Trinajstić information content (AvgIpc) is 3.24. The van der Waals surface area contributed by atoms with Crippen LogP contribution >= 0.6 is 23.1 Å². The highest BCUT2D eigenvalue weighted by atomic mass is 32.2. The van der Waals surface area contributed by atoms with Crippen molar-refractivity contribution in [3.05, 3.63) is 76.4 Å². The lowest BCUT2D eigenvalue weighted by Crippen LogP contribution is -2.16. The van der Waals surface area contributed by atoms with Crippen LogP contribution in [-0.4, -0.2) is 28.0 Å². The Labute approximate surface area is 200 Å². The van der Waals surface area contributed by atoms with E-state index in [2.05, 4.69) is 20.6 Å². The molecule has 6 nitrogen and oxygen atoms in total. The van der Waals surface area contributed by atoms with E-state index in [1.807, 2.05) is 6.26 Å². The van der Waals surface area contributed by atoms with Gasteiger partial charge in [0.1, 0.15) is 11.4 Å². The number of anilines is 2. The number of fused-ring (bicyclic) bond motifs is 1. The maximum Gasteiger partial charge on any atom is 0.416 e. The summed E-state index contributed by atoms with van der Waals surface area (Å²) in [7, 11) is 0. The van der Waals surface area contributed by atoms with Crippen molar-refractivity contribution in [1.29, 1.82) is 0 Å². The van der Waals surface area contributed by atoms with E-state index in [0.29, 0.717) is 22.3 Å². The summed E-state index contributed by atoms with van der Waals surface area (Å²) in [4.78, 5) is 34.1. The molecule has 4 aromatic rings. The number of aromatic nitrogens is 2. The Morgan fingerprint density at radius 3 is 2.56 bits per heavy atom. The molecule has 0 fully saturated rings. The van der Waals surface area contributed by atoms with Gasteiger partial charge in [0.15, 0.2) is 0 Å². The molecule has 11 heteroatoms. The minimum absolute atomic E-state index is 0.0139. The lowest BCUT2D eigenvalue weighted by Gasteiger charge is -2.12. The quantitative estimate of drug-likeness (QED) is 0.249. The van der Waals surface area contributed by atoms with Gasteiger partial charge in [-0.05, 0) is 49.1 Å². The molecule has 0 atom stereocenters. The number of carbonyl (C=O) groups excluding carboxylic acids is 2. The number of halogens is 3. The van der Waals surface area contributed by atoms with Crippen molar-refractivity contribution in [3.8, 4) is 0 Å². The molecule has 34 heavy (non-hydrogen) atoms. The number of nitrogens with zero attached hydrogens (tertiary/aromatic N) is 2. The zero-order chi connectivity index (χ0) is 24.5. The molecule has 4 rings (SSSR count). The highest BCUT2D eigenvalue weighted by Crippen LogP contribution is 2.32. The minimum atomic E-state index is -4.52. The van der Waals surface area contributed by atoms with E-state index >= 15 is 0 Å². The molecule has 0 aliphatic carbocycles. The van der Waals surface area contributed by atoms with Crippen LogP contribution < -0.4 is 10.6 Å². The monoisotopic (exact) mass is 502 g/mol. The van der Waals surface area contributed by atoms with Crippen LogP contribution in [0.4, 0.5) is 24.5 Å². The first-order valence-electron chi connectivity index (χ1n) is 9.84. The van der Waals surface area contributed by atoms with Gasteiger partial charge in [0.05, 0.1) is 21.3 Å². The molecule has 0 saturated carbocycles. The predicted octanol–water partition coefficient (Wildman–Crippen LogP) is 6.25. The highest BCUT2D eigenvalue weighted by Gasteiger charge is 2.30. The van der Waals surface area contributed by atoms with Gasteiger partial charge in [0.2, 0.25) is 0 Å². The van der Waals surface area contributed by atoms with Gasteiger partial charge < -0.3 is 10.6 Å². The Balaban J connectivity index is 1.56. The number of benzene rings is 2. The first-order valence-corrected chi connectivity index (χ1v) is 11.9. The van der Waals surface area contributed by atoms with E-state index in [-0.39, 0.29) is 11.3 Å². The molecule has 0 saturated heterocycles. The topological polar surface area (TPSA) is 84.0 Å². The molecule has 0 radical (unpaired) electrons. The molecular formula is C23H17F3N4O2S2. The number of rotatable bonds is 5. The summed E-state index contributed by atoms with van der Waals surface area (Å²) in [5, 5.41) is 7.75. The van der Waals surface area contributed by atoms with Crippen LogP contribution in [0.15, 0.2) is 59.2 Å². The van der Waals surface area contributed by atoms with Crippen molar-refractivity contribution in [3.63, 3.8) is 0 Å². The summed E-state index contributed by atoms with van der Waals surface area (Å²) >= 11 is 2.83. The molecule has 2 heterocycles. The smallest absolute Gasteiger partial charge is 0.322 e. The second kappa shape index (κ2) is 9.43. The SMILES string of the molecule is CSc1ncnc2c(C(=O)Nc3cc(C(=O)Nc4cccc(C(F)(F)F)c4)ccc3C)csc12. The lowest BCUT2D eigenvalue weighted by molar-refractivity contribution is -0.137. The summed E-state index contributed by atoms with van der Waals surface area (Å²) < 4.78 is 39.6. The van der Waals surface area contributed by atoms with Gasteiger partial charge in [0.25, 0.3) is 11.8 Å². The highest BCUT2D eigenvalue weighted by molar-refractivity contribution is 7.98. The fourth-order valence-corrected chi connectivity index (χ4v) is 4.91. The van der Waals surface area contributed by atoms with Gasteiger partial charge >= 0.3 is 6.18 Å². The molecule has 2 amide bonds. The first-order chi connectivity index (χ1) is 16.2. The van der Waals surface area contributed by atoms with Crippen LogP contribution in [-0.2, 0) is 6.18 Å². The third-order valence-corrected chi connectivity index (χ3v) is 6.76. The summed E-state index contributed by atoms with van der Waals surface area (Å²) in [6.45, 7) is 1.77. The summed E-state index contributed by atoms with van der Waals surface area (Å²) in [5.41, 5.74) is 1.37. The Bertz CT molecular complexity index is 1400. The number of hydrogen-bond donors (Lipinski definition) is 2. The Kier molecular flexibility index (Phi) is 6.58. The fourth-order valence-electron chi connectivity index (χ4n) is 3.20. The molecule has 174 valence electrons. The number of hydrogen-bond acceptors (Lipinski definition) is 6. The summed E-state index contributed by atoms with van der Waals surface area (Å²) in [5.74, 6) is -0.997. The van der Waals surface area contributed by atoms with Crippen LogP contribution in [0.1, 0.15) is 31.8 Å². The van der Waals surface area contributed by atoms with E-state index < -0.39 is 23.6 Å². The van der Waals surface area contributed by atoms with Gasteiger partial charge in [-0.2, -0.15) is 13.2 Å². The molecule has 0 bridgehead atoms. The molecule has 2 N–H and O–H groups in total. The number of alkyl halides is 3. The van der Waals surface area contributed by atoms with Crippen LogP contribution in [0.25, 0.3) is 10.2 Å². The zero-order valence-electron chi connectivity index (χ0n) is 17.9. The molecule has 2 aromatic heterocycles. The molecule has 2 aromatic carbocycles. The Hall–Kier alpha value is -3.44. The van der Waals surface area contributed by atoms with Crippen molar-refractivity contribution in [2.75, 3.05) is 16.9 Å². The van der Waals surface area contributed by atoms with Crippen LogP contribution in [0.5, 0.6) is 0 Å². The third kappa shape index (κ3) is 4.90. The second-order valence-corrected chi connectivity index (χ2v) is 8.90. The van der Waals surface area contributed by atoms with Crippen LogP contribution in [0, 0.1) is 6.92 Å². The van der Waals surface area contributed by atoms with Gasteiger partial charge in [0, 0.05) is 22.3 Å². The molecule has 0 unspecified atom stereocenters.